The van der Waals surface area contributed by atoms with E-state index in [0.29, 0.717) is 0 Å². The second-order valence-electron chi connectivity index (χ2n) is 4.58. The number of hydrogen-bond acceptors (Lipinski definition) is 3. The minimum Gasteiger partial charge on any atom is -0.406 e. The lowest BCUT2D eigenvalue weighted by Crippen LogP contribution is -2.44. The van der Waals surface area contributed by atoms with Gasteiger partial charge in [0.2, 0.25) is 0 Å². The predicted octanol–water partition coefficient (Wildman–Crippen LogP) is 3.14. The van der Waals surface area contributed by atoms with E-state index in [0.717, 1.165) is 31.7 Å². The number of halogens is 4. The lowest BCUT2D eigenvalue weighted by Gasteiger charge is -2.33. The van der Waals surface area contributed by atoms with Crippen molar-refractivity contribution < 1.29 is 17.9 Å². The van der Waals surface area contributed by atoms with Crippen molar-refractivity contribution in [3.05, 3.63) is 42.5 Å². The van der Waals surface area contributed by atoms with E-state index in [1.165, 1.54) is 12.1 Å². The molecule has 7 heteroatoms. The first kappa shape index (κ1) is 17.8. The van der Waals surface area contributed by atoms with Crippen molar-refractivity contribution in [2.24, 2.45) is 0 Å². The van der Waals surface area contributed by atoms with E-state index in [1.807, 2.05) is 6.08 Å². The van der Waals surface area contributed by atoms with Crippen LogP contribution in [0.2, 0.25) is 0 Å². The van der Waals surface area contributed by atoms with Gasteiger partial charge in [0, 0.05) is 26.2 Å². The Hall–Kier alpha value is -1.24. The summed E-state index contributed by atoms with van der Waals surface area (Å²) in [6, 6.07) is 5.98. The van der Waals surface area contributed by atoms with Gasteiger partial charge in [-0.3, -0.25) is 4.90 Å². The molecule has 1 heterocycles. The molecule has 21 heavy (non-hydrogen) atoms. The first-order valence-corrected chi connectivity index (χ1v) is 6.42. The van der Waals surface area contributed by atoms with E-state index >= 15 is 0 Å². The number of rotatable bonds is 4. The second-order valence-corrected chi connectivity index (χ2v) is 4.58. The number of benzene rings is 1. The van der Waals surface area contributed by atoms with Gasteiger partial charge in [-0.25, -0.2) is 0 Å². The van der Waals surface area contributed by atoms with Gasteiger partial charge in [-0.1, -0.05) is 18.2 Å². The van der Waals surface area contributed by atoms with Gasteiger partial charge in [-0.15, -0.1) is 32.2 Å². The van der Waals surface area contributed by atoms with Crippen LogP contribution in [0, 0.1) is 0 Å². The zero-order valence-corrected chi connectivity index (χ0v) is 12.2. The van der Waals surface area contributed by atoms with Crippen LogP contribution in [0.4, 0.5) is 13.2 Å². The molecule has 1 fully saturated rings. The van der Waals surface area contributed by atoms with E-state index in [9.17, 15) is 13.2 Å². The number of piperazine rings is 1. The molecular weight excluding hydrogens is 305 g/mol. The van der Waals surface area contributed by atoms with Crippen molar-refractivity contribution in [2.45, 2.75) is 12.4 Å². The molecule has 0 spiro atoms. The fourth-order valence-corrected chi connectivity index (χ4v) is 2.32. The average molecular weight is 323 g/mol. The summed E-state index contributed by atoms with van der Waals surface area (Å²) in [6.45, 7) is 7.40. The van der Waals surface area contributed by atoms with Gasteiger partial charge >= 0.3 is 6.36 Å². The Kier molecular flexibility index (Phi) is 6.51. The molecule has 1 atom stereocenters. The van der Waals surface area contributed by atoms with Crippen LogP contribution in [0.15, 0.2) is 36.9 Å². The summed E-state index contributed by atoms with van der Waals surface area (Å²) < 4.78 is 40.2. The molecule has 1 N–H and O–H groups in total. The van der Waals surface area contributed by atoms with Crippen molar-refractivity contribution in [1.82, 2.24) is 10.2 Å². The van der Waals surface area contributed by atoms with Crippen LogP contribution in [-0.2, 0) is 0 Å². The van der Waals surface area contributed by atoms with Crippen LogP contribution >= 0.6 is 12.4 Å². The van der Waals surface area contributed by atoms with Crippen molar-refractivity contribution in [3.8, 4) is 5.75 Å². The summed E-state index contributed by atoms with van der Waals surface area (Å²) in [6.07, 6.45) is -2.84. The standard InChI is InChI=1S/C14H17F3N2O.ClH/c1-2-13(19-9-7-18-8-10-19)11-3-5-12(6-4-11)20-14(15,16)17;/h2-6,13,18H,1,7-10H2;1H/t13-;/m0./s1. The first-order chi connectivity index (χ1) is 9.49. The quantitative estimate of drug-likeness (QED) is 0.862. The number of nitrogens with zero attached hydrogens (tertiary/aromatic N) is 1. The van der Waals surface area contributed by atoms with E-state index in [4.69, 9.17) is 0 Å². The van der Waals surface area contributed by atoms with Crippen LogP contribution in [0.3, 0.4) is 0 Å². The van der Waals surface area contributed by atoms with Crippen LogP contribution < -0.4 is 10.1 Å². The van der Waals surface area contributed by atoms with E-state index in [1.54, 1.807) is 12.1 Å². The molecule has 1 aliphatic rings. The number of hydrogen-bond donors (Lipinski definition) is 1. The molecule has 1 saturated heterocycles. The molecule has 0 saturated carbocycles. The Balaban J connectivity index is 0.00000220. The predicted molar refractivity (Wildman–Crippen MR) is 77.8 cm³/mol. The highest BCUT2D eigenvalue weighted by Gasteiger charge is 2.31. The maximum atomic E-state index is 12.1. The monoisotopic (exact) mass is 322 g/mol. The van der Waals surface area contributed by atoms with E-state index in [2.05, 4.69) is 21.5 Å². The molecule has 3 nitrogen and oxygen atoms in total. The molecule has 118 valence electrons. The van der Waals surface area contributed by atoms with Crippen molar-refractivity contribution in [2.75, 3.05) is 26.2 Å². The van der Waals surface area contributed by atoms with Crippen LogP contribution in [0.25, 0.3) is 0 Å². The maximum Gasteiger partial charge on any atom is 0.573 e. The van der Waals surface area contributed by atoms with Crippen molar-refractivity contribution in [1.29, 1.82) is 0 Å². The van der Waals surface area contributed by atoms with Gasteiger partial charge < -0.3 is 10.1 Å². The molecule has 0 radical (unpaired) electrons. The highest BCUT2D eigenvalue weighted by atomic mass is 35.5. The summed E-state index contributed by atoms with van der Waals surface area (Å²) >= 11 is 0. The largest absolute Gasteiger partial charge is 0.573 e. The van der Waals surface area contributed by atoms with Gasteiger partial charge in [-0.05, 0) is 17.7 Å². The highest BCUT2D eigenvalue weighted by molar-refractivity contribution is 5.85. The highest BCUT2D eigenvalue weighted by Crippen LogP contribution is 2.27. The van der Waals surface area contributed by atoms with Crippen molar-refractivity contribution in [3.63, 3.8) is 0 Å². The average Bonchev–Trinajstić information content (AvgIpc) is 2.41. The summed E-state index contributed by atoms with van der Waals surface area (Å²) in [5.74, 6) is -0.204. The Morgan fingerprint density at radius 3 is 2.24 bits per heavy atom. The lowest BCUT2D eigenvalue weighted by molar-refractivity contribution is -0.274. The number of ether oxygens (including phenoxy) is 1. The molecule has 0 amide bonds. The molecule has 1 aliphatic heterocycles. The smallest absolute Gasteiger partial charge is 0.406 e. The Bertz CT molecular complexity index is 445. The molecule has 0 unspecified atom stereocenters. The van der Waals surface area contributed by atoms with Gasteiger partial charge in [0.15, 0.2) is 0 Å². The molecule has 1 aromatic rings. The van der Waals surface area contributed by atoms with Crippen LogP contribution in [-0.4, -0.2) is 37.4 Å². The molecule has 0 aliphatic carbocycles. The Morgan fingerprint density at radius 1 is 1.19 bits per heavy atom. The molecular formula is C14H18ClF3N2O. The third kappa shape index (κ3) is 5.22. The topological polar surface area (TPSA) is 24.5 Å². The number of alkyl halides is 3. The van der Waals surface area contributed by atoms with Crippen LogP contribution in [0.1, 0.15) is 11.6 Å². The Morgan fingerprint density at radius 2 is 1.76 bits per heavy atom. The fraction of sp³-hybridized carbons (Fsp3) is 0.429. The molecule has 1 aromatic carbocycles. The molecule has 0 aromatic heterocycles. The third-order valence-electron chi connectivity index (χ3n) is 3.22. The van der Waals surface area contributed by atoms with E-state index in [-0.39, 0.29) is 24.2 Å². The molecule has 0 bridgehead atoms. The lowest BCUT2D eigenvalue weighted by atomic mass is 10.0. The van der Waals surface area contributed by atoms with Crippen LogP contribution in [0.5, 0.6) is 5.75 Å². The minimum atomic E-state index is -4.65. The maximum absolute atomic E-state index is 12.1. The fourth-order valence-electron chi connectivity index (χ4n) is 2.32. The summed E-state index contributed by atoms with van der Waals surface area (Å²) in [5.41, 5.74) is 0.913. The summed E-state index contributed by atoms with van der Waals surface area (Å²) in [7, 11) is 0. The minimum absolute atomic E-state index is 0. The second kappa shape index (κ2) is 7.68. The van der Waals surface area contributed by atoms with Gasteiger partial charge in [-0.2, -0.15) is 0 Å². The van der Waals surface area contributed by atoms with Gasteiger partial charge in [0.1, 0.15) is 5.75 Å². The molecule has 2 rings (SSSR count). The van der Waals surface area contributed by atoms with Crippen molar-refractivity contribution >= 4 is 12.4 Å². The number of nitrogens with one attached hydrogen (secondary N) is 1. The first-order valence-electron chi connectivity index (χ1n) is 6.42. The summed E-state index contributed by atoms with van der Waals surface area (Å²) in [5, 5.41) is 3.26. The Labute approximate surface area is 128 Å². The van der Waals surface area contributed by atoms with Gasteiger partial charge in [0.25, 0.3) is 0 Å². The summed E-state index contributed by atoms with van der Waals surface area (Å²) in [4.78, 5) is 2.24. The van der Waals surface area contributed by atoms with E-state index < -0.39 is 6.36 Å². The third-order valence-corrected chi connectivity index (χ3v) is 3.22. The zero-order valence-electron chi connectivity index (χ0n) is 11.4. The normalized spacial score (nSPS) is 17.7. The zero-order chi connectivity index (χ0) is 14.6. The van der Waals surface area contributed by atoms with Gasteiger partial charge in [0.05, 0.1) is 6.04 Å². The SMILES string of the molecule is C=C[C@@H](c1ccc(OC(F)(F)F)cc1)N1CCNCC1.Cl.